The number of aromatic nitrogens is 2. The number of hydrogen-bond acceptors (Lipinski definition) is 3. The molecule has 6 nitrogen and oxygen atoms in total. The monoisotopic (exact) mass is 299 g/mol. The fraction of sp³-hybridized carbons (Fsp3) is 0.312. The van der Waals surface area contributed by atoms with Crippen molar-refractivity contribution in [1.29, 1.82) is 0 Å². The van der Waals surface area contributed by atoms with Crippen LogP contribution in [0.3, 0.4) is 0 Å². The van der Waals surface area contributed by atoms with Gasteiger partial charge in [0.15, 0.2) is 0 Å². The van der Waals surface area contributed by atoms with Gasteiger partial charge < -0.3 is 10.4 Å². The van der Waals surface area contributed by atoms with Gasteiger partial charge in [-0.2, -0.15) is 5.10 Å². The molecule has 1 aromatic carbocycles. The smallest absolute Gasteiger partial charge is 0.311 e. The first kappa shape index (κ1) is 14.3. The molecule has 3 unspecified atom stereocenters. The van der Waals surface area contributed by atoms with Crippen molar-refractivity contribution in [3.63, 3.8) is 0 Å². The number of rotatable bonds is 4. The van der Waals surface area contributed by atoms with Crippen LogP contribution >= 0.6 is 0 Å². The molecular weight excluding hydrogens is 282 g/mol. The third-order valence-corrected chi connectivity index (χ3v) is 4.13. The van der Waals surface area contributed by atoms with Gasteiger partial charge in [-0.25, -0.2) is 0 Å². The second-order valence-electron chi connectivity index (χ2n) is 5.48. The molecule has 2 N–H and O–H groups in total. The Balaban J connectivity index is 1.79. The van der Waals surface area contributed by atoms with E-state index in [0.29, 0.717) is 6.42 Å². The standard InChI is InChI=1S/C16H17N3O3/c1-10(19-8-4-7-17-19)15(20)18-14-9-13(16(21)22)11-5-2-3-6-12(11)14/h2-8,10,13-14H,9H2,1H3,(H,18,20)(H,21,22). The van der Waals surface area contributed by atoms with Gasteiger partial charge in [-0.1, -0.05) is 24.3 Å². The molecule has 3 atom stereocenters. The number of carboxylic acid groups (broad SMARTS) is 1. The topological polar surface area (TPSA) is 84.2 Å². The predicted octanol–water partition coefficient (Wildman–Crippen LogP) is 1.87. The second kappa shape index (κ2) is 5.63. The fourth-order valence-electron chi connectivity index (χ4n) is 2.93. The number of aliphatic carboxylic acids is 1. The highest BCUT2D eigenvalue weighted by molar-refractivity contribution is 5.82. The quantitative estimate of drug-likeness (QED) is 0.902. The summed E-state index contributed by atoms with van der Waals surface area (Å²) in [7, 11) is 0. The molecule has 0 saturated carbocycles. The van der Waals surface area contributed by atoms with E-state index in [1.54, 1.807) is 30.1 Å². The molecule has 0 radical (unpaired) electrons. The van der Waals surface area contributed by atoms with Crippen LogP contribution in [0.5, 0.6) is 0 Å². The minimum absolute atomic E-state index is 0.172. The molecule has 6 heteroatoms. The number of fused-ring (bicyclic) bond motifs is 1. The van der Waals surface area contributed by atoms with Crippen molar-refractivity contribution in [3.05, 3.63) is 53.9 Å². The second-order valence-corrected chi connectivity index (χ2v) is 5.48. The average Bonchev–Trinajstić information content (AvgIpc) is 3.15. The van der Waals surface area contributed by atoms with E-state index < -0.39 is 17.9 Å². The summed E-state index contributed by atoms with van der Waals surface area (Å²) in [5.41, 5.74) is 1.67. The number of carboxylic acids is 1. The Bertz CT molecular complexity index is 696. The molecule has 22 heavy (non-hydrogen) atoms. The van der Waals surface area contributed by atoms with Crippen molar-refractivity contribution in [2.24, 2.45) is 0 Å². The van der Waals surface area contributed by atoms with Gasteiger partial charge in [-0.3, -0.25) is 14.3 Å². The lowest BCUT2D eigenvalue weighted by Crippen LogP contribution is -2.33. The maximum Gasteiger partial charge on any atom is 0.311 e. The Morgan fingerprint density at radius 2 is 2.05 bits per heavy atom. The van der Waals surface area contributed by atoms with Crippen molar-refractivity contribution in [2.75, 3.05) is 0 Å². The molecule has 0 fully saturated rings. The zero-order valence-electron chi connectivity index (χ0n) is 12.1. The summed E-state index contributed by atoms with van der Waals surface area (Å²) in [6, 6.07) is 8.42. The first-order chi connectivity index (χ1) is 10.6. The molecule has 2 aromatic rings. The summed E-state index contributed by atoms with van der Waals surface area (Å²) in [6.45, 7) is 1.76. The van der Waals surface area contributed by atoms with Gasteiger partial charge in [0.2, 0.25) is 5.91 Å². The van der Waals surface area contributed by atoms with Crippen molar-refractivity contribution < 1.29 is 14.7 Å². The van der Waals surface area contributed by atoms with E-state index in [1.165, 1.54) is 0 Å². The molecule has 0 bridgehead atoms. The lowest BCUT2D eigenvalue weighted by Gasteiger charge is -2.18. The Kier molecular flexibility index (Phi) is 3.66. The van der Waals surface area contributed by atoms with Crippen molar-refractivity contribution in [3.8, 4) is 0 Å². The molecule has 1 amide bonds. The summed E-state index contributed by atoms with van der Waals surface area (Å²) in [5, 5.41) is 16.4. The molecule has 1 aromatic heterocycles. The maximum absolute atomic E-state index is 12.4. The van der Waals surface area contributed by atoms with E-state index in [4.69, 9.17) is 0 Å². The van der Waals surface area contributed by atoms with Crippen LogP contribution in [0.2, 0.25) is 0 Å². The van der Waals surface area contributed by atoms with Crippen LogP contribution in [0.4, 0.5) is 0 Å². The number of benzene rings is 1. The molecule has 1 aliphatic carbocycles. The van der Waals surface area contributed by atoms with E-state index >= 15 is 0 Å². The minimum atomic E-state index is -0.857. The highest BCUT2D eigenvalue weighted by atomic mass is 16.4. The molecule has 1 aliphatic rings. The molecule has 114 valence electrons. The fourth-order valence-corrected chi connectivity index (χ4v) is 2.93. The van der Waals surface area contributed by atoms with Gasteiger partial charge in [0, 0.05) is 12.4 Å². The number of carbonyl (C=O) groups excluding carboxylic acids is 1. The van der Waals surface area contributed by atoms with E-state index in [0.717, 1.165) is 11.1 Å². The first-order valence-corrected chi connectivity index (χ1v) is 7.19. The van der Waals surface area contributed by atoms with Gasteiger partial charge in [0.25, 0.3) is 0 Å². The van der Waals surface area contributed by atoms with E-state index in [-0.39, 0.29) is 11.9 Å². The van der Waals surface area contributed by atoms with Crippen LogP contribution in [0.25, 0.3) is 0 Å². The largest absolute Gasteiger partial charge is 0.481 e. The van der Waals surface area contributed by atoms with Gasteiger partial charge >= 0.3 is 5.97 Å². The SMILES string of the molecule is CC(C(=O)NC1CC(C(=O)O)c2ccccc21)n1cccn1. The summed E-state index contributed by atoms with van der Waals surface area (Å²) in [4.78, 5) is 23.8. The van der Waals surface area contributed by atoms with E-state index in [2.05, 4.69) is 10.4 Å². The van der Waals surface area contributed by atoms with Crippen LogP contribution in [-0.2, 0) is 9.59 Å². The van der Waals surface area contributed by atoms with Crippen LogP contribution in [0, 0.1) is 0 Å². The molecule has 0 saturated heterocycles. The van der Waals surface area contributed by atoms with Crippen molar-refractivity contribution in [1.82, 2.24) is 15.1 Å². The minimum Gasteiger partial charge on any atom is -0.481 e. The maximum atomic E-state index is 12.4. The Hall–Kier alpha value is -2.63. The van der Waals surface area contributed by atoms with Crippen molar-refractivity contribution in [2.45, 2.75) is 31.3 Å². The van der Waals surface area contributed by atoms with Gasteiger partial charge in [0.1, 0.15) is 6.04 Å². The lowest BCUT2D eigenvalue weighted by atomic mass is 10.0. The Morgan fingerprint density at radius 3 is 2.68 bits per heavy atom. The molecular formula is C16H17N3O3. The third-order valence-electron chi connectivity index (χ3n) is 4.13. The highest BCUT2D eigenvalue weighted by Gasteiger charge is 2.36. The molecule has 1 heterocycles. The number of nitrogens with zero attached hydrogens (tertiary/aromatic N) is 2. The van der Waals surface area contributed by atoms with Gasteiger partial charge in [-0.15, -0.1) is 0 Å². The summed E-state index contributed by atoms with van der Waals surface area (Å²) in [6.07, 6.45) is 3.73. The number of amides is 1. The van der Waals surface area contributed by atoms with Crippen molar-refractivity contribution >= 4 is 11.9 Å². The zero-order valence-corrected chi connectivity index (χ0v) is 12.1. The van der Waals surface area contributed by atoms with Crippen LogP contribution < -0.4 is 5.32 Å². The lowest BCUT2D eigenvalue weighted by molar-refractivity contribution is -0.139. The third kappa shape index (κ3) is 2.47. The Labute approximate surface area is 127 Å². The normalized spacial score (nSPS) is 21.1. The van der Waals surface area contributed by atoms with Crippen LogP contribution in [0.15, 0.2) is 42.7 Å². The number of carbonyl (C=O) groups is 2. The van der Waals surface area contributed by atoms with Gasteiger partial charge in [0.05, 0.1) is 12.0 Å². The first-order valence-electron chi connectivity index (χ1n) is 7.19. The highest BCUT2D eigenvalue weighted by Crippen LogP contribution is 2.40. The molecule has 0 aliphatic heterocycles. The number of nitrogens with one attached hydrogen (secondary N) is 1. The number of hydrogen-bond donors (Lipinski definition) is 2. The predicted molar refractivity (Wildman–Crippen MR) is 79.3 cm³/mol. The summed E-state index contributed by atoms with van der Waals surface area (Å²) >= 11 is 0. The summed E-state index contributed by atoms with van der Waals surface area (Å²) in [5.74, 6) is -1.60. The van der Waals surface area contributed by atoms with Gasteiger partial charge in [-0.05, 0) is 30.5 Å². The average molecular weight is 299 g/mol. The van der Waals surface area contributed by atoms with Crippen LogP contribution in [-0.4, -0.2) is 26.8 Å². The zero-order chi connectivity index (χ0) is 15.7. The van der Waals surface area contributed by atoms with E-state index in [9.17, 15) is 14.7 Å². The Morgan fingerprint density at radius 1 is 1.32 bits per heavy atom. The van der Waals surface area contributed by atoms with E-state index in [1.807, 2.05) is 24.3 Å². The molecule has 0 spiro atoms. The molecule has 3 rings (SSSR count). The van der Waals surface area contributed by atoms with Crippen LogP contribution in [0.1, 0.15) is 42.5 Å². The summed E-state index contributed by atoms with van der Waals surface area (Å²) < 4.78 is 1.57.